The number of anilines is 1. The minimum atomic E-state index is 0. The van der Waals surface area contributed by atoms with Crippen LogP contribution in [0.2, 0.25) is 0 Å². The van der Waals surface area contributed by atoms with Crippen molar-refractivity contribution in [3.63, 3.8) is 0 Å². The van der Waals surface area contributed by atoms with Gasteiger partial charge in [0.2, 0.25) is 0 Å². The average Bonchev–Trinajstić information content (AvgIpc) is 2.91. The fourth-order valence-corrected chi connectivity index (χ4v) is 3.60. The van der Waals surface area contributed by atoms with Crippen LogP contribution >= 0.6 is 11.3 Å². The largest absolute Gasteiger partial charge is 1.00 e. The molecule has 0 amide bonds. The van der Waals surface area contributed by atoms with Gasteiger partial charge in [0.05, 0.1) is 39.3 Å². The Balaban J connectivity index is 0.000000963. The summed E-state index contributed by atoms with van der Waals surface area (Å²) in [6.45, 7) is 7.91. The second-order valence-electron chi connectivity index (χ2n) is 4.74. The molecule has 90 valence electrons. The lowest BCUT2D eigenvalue weighted by atomic mass is 10.3. The minimum absolute atomic E-state index is 0. The standard InChI is InChI=1S/C11H18N3S.BrH/c1-2-7-14(6-1)8-4-13(5-9-14)11-12-3-10-15-11;/h3,10H,1-2,4-9H2;1H/q+1;/p-1. The minimum Gasteiger partial charge on any atom is -1.00 e. The molecule has 1 aromatic rings. The number of hydrogen-bond donors (Lipinski definition) is 0. The van der Waals surface area contributed by atoms with Gasteiger partial charge >= 0.3 is 0 Å². The number of rotatable bonds is 1. The number of nitrogens with zero attached hydrogens (tertiary/aromatic N) is 3. The number of aromatic nitrogens is 1. The normalized spacial score (nSPS) is 23.4. The highest BCUT2D eigenvalue weighted by Crippen LogP contribution is 2.25. The van der Waals surface area contributed by atoms with Crippen molar-refractivity contribution in [2.75, 3.05) is 44.2 Å². The van der Waals surface area contributed by atoms with E-state index in [0.29, 0.717) is 0 Å². The van der Waals surface area contributed by atoms with Gasteiger partial charge in [-0.3, -0.25) is 0 Å². The van der Waals surface area contributed by atoms with Crippen molar-refractivity contribution in [2.24, 2.45) is 0 Å². The van der Waals surface area contributed by atoms with E-state index < -0.39 is 0 Å². The lowest BCUT2D eigenvalue weighted by Crippen LogP contribution is -3.00. The molecule has 0 atom stereocenters. The highest BCUT2D eigenvalue weighted by Gasteiger charge is 2.36. The van der Waals surface area contributed by atoms with Gasteiger partial charge in [0.25, 0.3) is 0 Å². The van der Waals surface area contributed by atoms with E-state index in [2.05, 4.69) is 15.3 Å². The Bertz CT molecular complexity index is 312. The van der Waals surface area contributed by atoms with E-state index in [1.54, 1.807) is 11.3 Å². The van der Waals surface area contributed by atoms with E-state index in [1.165, 1.54) is 61.7 Å². The SMILES string of the molecule is [Br-].c1csc(N2CC[N+]3(CCCC3)CC2)n1. The molecule has 5 heteroatoms. The molecule has 0 aromatic carbocycles. The summed E-state index contributed by atoms with van der Waals surface area (Å²) in [5.41, 5.74) is 0. The van der Waals surface area contributed by atoms with Crippen molar-refractivity contribution in [2.45, 2.75) is 12.8 Å². The van der Waals surface area contributed by atoms with Crippen LogP contribution in [0.15, 0.2) is 11.6 Å². The zero-order chi connectivity index (χ0) is 10.1. The maximum Gasteiger partial charge on any atom is 0.185 e. The molecular formula is C11H18BrN3S. The third kappa shape index (κ3) is 2.26. The van der Waals surface area contributed by atoms with E-state index in [-0.39, 0.29) is 17.0 Å². The van der Waals surface area contributed by atoms with Gasteiger partial charge in [-0.1, -0.05) is 0 Å². The van der Waals surface area contributed by atoms with Crippen molar-refractivity contribution in [3.05, 3.63) is 11.6 Å². The van der Waals surface area contributed by atoms with E-state index in [1.807, 2.05) is 6.20 Å². The molecule has 0 aliphatic carbocycles. The third-order valence-electron chi connectivity index (χ3n) is 3.89. The summed E-state index contributed by atoms with van der Waals surface area (Å²) >= 11 is 1.77. The quantitative estimate of drug-likeness (QED) is 0.592. The molecular weight excluding hydrogens is 286 g/mol. The van der Waals surface area contributed by atoms with Gasteiger partial charge in [-0.05, 0) is 0 Å². The molecule has 0 bridgehead atoms. The molecule has 3 heterocycles. The molecule has 1 spiro atoms. The number of halogens is 1. The first-order chi connectivity index (χ1) is 7.38. The van der Waals surface area contributed by atoms with Gasteiger partial charge in [0.1, 0.15) is 0 Å². The molecule has 2 aliphatic rings. The van der Waals surface area contributed by atoms with Crippen LogP contribution in [-0.4, -0.2) is 48.7 Å². The summed E-state index contributed by atoms with van der Waals surface area (Å²) in [4.78, 5) is 6.84. The maximum absolute atomic E-state index is 4.39. The predicted octanol–water partition coefficient (Wildman–Crippen LogP) is -1.42. The average molecular weight is 304 g/mol. The summed E-state index contributed by atoms with van der Waals surface area (Å²) in [6.07, 6.45) is 4.79. The highest BCUT2D eigenvalue weighted by molar-refractivity contribution is 7.13. The summed E-state index contributed by atoms with van der Waals surface area (Å²) in [5, 5.41) is 3.29. The Morgan fingerprint density at radius 2 is 1.81 bits per heavy atom. The lowest BCUT2D eigenvalue weighted by molar-refractivity contribution is -0.917. The summed E-state index contributed by atoms with van der Waals surface area (Å²) in [7, 11) is 0. The molecule has 3 rings (SSSR count). The number of hydrogen-bond acceptors (Lipinski definition) is 3. The Labute approximate surface area is 111 Å². The molecule has 0 radical (unpaired) electrons. The van der Waals surface area contributed by atoms with Crippen LogP contribution in [-0.2, 0) is 0 Å². The molecule has 1 aromatic heterocycles. The summed E-state index contributed by atoms with van der Waals surface area (Å²) in [6, 6.07) is 0. The van der Waals surface area contributed by atoms with Gasteiger partial charge in [0, 0.05) is 24.4 Å². The number of quaternary nitrogens is 1. The van der Waals surface area contributed by atoms with Crippen LogP contribution in [0, 0.1) is 0 Å². The van der Waals surface area contributed by atoms with Crippen molar-refractivity contribution < 1.29 is 21.5 Å². The first-order valence-corrected chi connectivity index (χ1v) is 6.76. The first-order valence-electron chi connectivity index (χ1n) is 5.88. The van der Waals surface area contributed by atoms with Crippen LogP contribution < -0.4 is 21.9 Å². The molecule has 2 fully saturated rings. The molecule has 2 aliphatic heterocycles. The van der Waals surface area contributed by atoms with Gasteiger partial charge in [-0.25, -0.2) is 4.98 Å². The molecule has 0 N–H and O–H groups in total. The second-order valence-corrected chi connectivity index (χ2v) is 5.62. The molecule has 2 saturated heterocycles. The molecule has 0 unspecified atom stereocenters. The zero-order valence-corrected chi connectivity index (χ0v) is 11.8. The van der Waals surface area contributed by atoms with Gasteiger partial charge in [-0.2, -0.15) is 0 Å². The van der Waals surface area contributed by atoms with E-state index in [4.69, 9.17) is 0 Å². The first kappa shape index (κ1) is 12.3. The Morgan fingerprint density at radius 1 is 1.12 bits per heavy atom. The lowest BCUT2D eigenvalue weighted by Gasteiger charge is -2.41. The van der Waals surface area contributed by atoms with Crippen LogP contribution in [0.1, 0.15) is 12.8 Å². The van der Waals surface area contributed by atoms with Crippen LogP contribution in [0.3, 0.4) is 0 Å². The second kappa shape index (κ2) is 5.02. The van der Waals surface area contributed by atoms with Gasteiger partial charge in [-0.15, -0.1) is 11.3 Å². The summed E-state index contributed by atoms with van der Waals surface area (Å²) < 4.78 is 1.39. The fraction of sp³-hybridized carbons (Fsp3) is 0.727. The Hall–Kier alpha value is -0.130. The Kier molecular flexibility index (Phi) is 3.87. The van der Waals surface area contributed by atoms with Crippen LogP contribution in [0.5, 0.6) is 0 Å². The fourth-order valence-electron chi connectivity index (χ4n) is 2.91. The van der Waals surface area contributed by atoms with Crippen molar-refractivity contribution in [3.8, 4) is 0 Å². The predicted molar refractivity (Wildman–Crippen MR) is 63.3 cm³/mol. The summed E-state index contributed by atoms with van der Waals surface area (Å²) in [5.74, 6) is 0. The van der Waals surface area contributed by atoms with Crippen molar-refractivity contribution >= 4 is 16.5 Å². The monoisotopic (exact) mass is 303 g/mol. The topological polar surface area (TPSA) is 16.1 Å². The van der Waals surface area contributed by atoms with E-state index in [9.17, 15) is 0 Å². The van der Waals surface area contributed by atoms with Gasteiger partial charge < -0.3 is 26.4 Å². The molecule has 0 saturated carbocycles. The van der Waals surface area contributed by atoms with Crippen LogP contribution in [0.4, 0.5) is 5.13 Å². The van der Waals surface area contributed by atoms with E-state index >= 15 is 0 Å². The third-order valence-corrected chi connectivity index (χ3v) is 4.73. The smallest absolute Gasteiger partial charge is 0.185 e. The van der Waals surface area contributed by atoms with Crippen LogP contribution in [0.25, 0.3) is 0 Å². The molecule has 3 nitrogen and oxygen atoms in total. The highest BCUT2D eigenvalue weighted by atomic mass is 79.9. The zero-order valence-electron chi connectivity index (χ0n) is 9.44. The number of thiazole rings is 1. The molecule has 16 heavy (non-hydrogen) atoms. The van der Waals surface area contributed by atoms with Gasteiger partial charge in [0.15, 0.2) is 5.13 Å². The van der Waals surface area contributed by atoms with Crippen molar-refractivity contribution in [1.29, 1.82) is 0 Å². The number of piperazine rings is 1. The van der Waals surface area contributed by atoms with Crippen molar-refractivity contribution in [1.82, 2.24) is 4.98 Å². The Morgan fingerprint density at radius 3 is 2.38 bits per heavy atom. The van der Waals surface area contributed by atoms with E-state index in [0.717, 1.165) is 0 Å². The maximum atomic E-state index is 4.39.